The molecule has 0 atom stereocenters. The highest BCUT2D eigenvalue weighted by atomic mass is 19.1. The molecule has 124 valence electrons. The summed E-state index contributed by atoms with van der Waals surface area (Å²) in [6.45, 7) is 2.71. The minimum absolute atomic E-state index is 0.0202. The summed E-state index contributed by atoms with van der Waals surface area (Å²) in [5, 5.41) is 0. The van der Waals surface area contributed by atoms with Crippen molar-refractivity contribution in [2.75, 3.05) is 13.1 Å². The van der Waals surface area contributed by atoms with Crippen LogP contribution in [0.25, 0.3) is 11.0 Å². The number of H-pyrrole nitrogens is 1. The van der Waals surface area contributed by atoms with Crippen LogP contribution in [0.2, 0.25) is 0 Å². The monoisotopic (exact) mass is 325 g/mol. The number of aromatic amines is 1. The van der Waals surface area contributed by atoms with Crippen molar-refractivity contribution in [1.82, 2.24) is 14.5 Å². The molecule has 0 unspecified atom stereocenters. The molecule has 1 N–H and O–H groups in total. The van der Waals surface area contributed by atoms with E-state index in [4.69, 9.17) is 0 Å². The molecule has 5 heteroatoms. The lowest BCUT2D eigenvalue weighted by molar-refractivity contribution is 0.180. The van der Waals surface area contributed by atoms with Gasteiger partial charge >= 0.3 is 5.69 Å². The zero-order valence-corrected chi connectivity index (χ0v) is 13.4. The van der Waals surface area contributed by atoms with Gasteiger partial charge in [-0.25, -0.2) is 9.18 Å². The lowest BCUT2D eigenvalue weighted by Gasteiger charge is -2.32. The predicted molar refractivity (Wildman–Crippen MR) is 92.5 cm³/mol. The molecule has 0 saturated carbocycles. The molecular formula is C19H20FN3O. The van der Waals surface area contributed by atoms with E-state index in [0.717, 1.165) is 49.1 Å². The van der Waals surface area contributed by atoms with Gasteiger partial charge in [-0.1, -0.05) is 24.3 Å². The first-order chi connectivity index (χ1) is 11.7. The number of nitrogens with one attached hydrogen (secondary N) is 1. The Kier molecular flexibility index (Phi) is 3.94. The van der Waals surface area contributed by atoms with E-state index in [1.165, 1.54) is 12.1 Å². The molecule has 0 aliphatic carbocycles. The van der Waals surface area contributed by atoms with Crippen LogP contribution in [0.5, 0.6) is 0 Å². The van der Waals surface area contributed by atoms with Crippen LogP contribution in [0.1, 0.15) is 24.4 Å². The van der Waals surface area contributed by atoms with Crippen LogP contribution in [-0.2, 0) is 6.54 Å². The van der Waals surface area contributed by atoms with Crippen molar-refractivity contribution in [1.29, 1.82) is 0 Å². The number of likely N-dealkylation sites (tertiary alicyclic amines) is 1. The summed E-state index contributed by atoms with van der Waals surface area (Å²) in [7, 11) is 0. The summed E-state index contributed by atoms with van der Waals surface area (Å²) in [6.07, 6.45) is 1.89. The SMILES string of the molecule is O=c1[nH]c2ccccc2n1C1CCN(Cc2ccc(F)cc2)CC1. The van der Waals surface area contributed by atoms with Gasteiger partial charge in [0.15, 0.2) is 0 Å². The van der Waals surface area contributed by atoms with Crippen molar-refractivity contribution in [3.05, 3.63) is 70.4 Å². The number of hydrogen-bond donors (Lipinski definition) is 1. The van der Waals surface area contributed by atoms with Crippen molar-refractivity contribution < 1.29 is 4.39 Å². The van der Waals surface area contributed by atoms with Gasteiger partial charge < -0.3 is 4.98 Å². The average molecular weight is 325 g/mol. The smallest absolute Gasteiger partial charge is 0.306 e. The summed E-state index contributed by atoms with van der Waals surface area (Å²) in [5.41, 5.74) is 2.99. The lowest BCUT2D eigenvalue weighted by Crippen LogP contribution is -2.36. The van der Waals surface area contributed by atoms with Gasteiger partial charge in [0.1, 0.15) is 5.82 Å². The molecule has 4 nitrogen and oxygen atoms in total. The Morgan fingerprint density at radius 3 is 2.50 bits per heavy atom. The van der Waals surface area contributed by atoms with Crippen LogP contribution >= 0.6 is 0 Å². The van der Waals surface area contributed by atoms with Crippen molar-refractivity contribution in [2.45, 2.75) is 25.4 Å². The van der Waals surface area contributed by atoms with E-state index in [0.29, 0.717) is 0 Å². The Hall–Kier alpha value is -2.40. The summed E-state index contributed by atoms with van der Waals surface area (Å²) in [5.74, 6) is -0.198. The normalized spacial score (nSPS) is 16.7. The Morgan fingerprint density at radius 1 is 1.04 bits per heavy atom. The summed E-state index contributed by atoms with van der Waals surface area (Å²) in [6, 6.07) is 14.8. The first-order valence-corrected chi connectivity index (χ1v) is 8.37. The standard InChI is InChI=1S/C19H20FN3O/c20-15-7-5-14(6-8-15)13-22-11-9-16(10-12-22)23-18-4-2-1-3-17(18)21-19(23)24/h1-8,16H,9-13H2,(H,21,24). The van der Waals surface area contributed by atoms with E-state index in [1.807, 2.05) is 41.0 Å². The van der Waals surface area contributed by atoms with Crippen molar-refractivity contribution in [3.8, 4) is 0 Å². The summed E-state index contributed by atoms with van der Waals surface area (Å²) < 4.78 is 14.9. The van der Waals surface area contributed by atoms with Crippen molar-refractivity contribution in [3.63, 3.8) is 0 Å². The van der Waals surface area contributed by atoms with Crippen LogP contribution in [-0.4, -0.2) is 27.5 Å². The molecule has 1 aliphatic heterocycles. The number of benzene rings is 2. The number of imidazole rings is 1. The van der Waals surface area contributed by atoms with Crippen LogP contribution in [0.15, 0.2) is 53.3 Å². The molecule has 2 heterocycles. The molecule has 0 spiro atoms. The molecule has 4 rings (SSSR count). The number of rotatable bonds is 3. The fourth-order valence-corrected chi connectivity index (χ4v) is 3.62. The number of aromatic nitrogens is 2. The van der Waals surface area contributed by atoms with Gasteiger partial charge in [0.05, 0.1) is 11.0 Å². The Balaban J connectivity index is 1.46. The highest BCUT2D eigenvalue weighted by Crippen LogP contribution is 2.25. The van der Waals surface area contributed by atoms with Gasteiger partial charge in [-0.2, -0.15) is 0 Å². The maximum Gasteiger partial charge on any atom is 0.326 e. The molecule has 0 radical (unpaired) electrons. The average Bonchev–Trinajstić information content (AvgIpc) is 2.93. The first-order valence-electron chi connectivity index (χ1n) is 8.37. The maximum atomic E-state index is 13.0. The number of halogens is 1. The van der Waals surface area contributed by atoms with E-state index >= 15 is 0 Å². The largest absolute Gasteiger partial charge is 0.326 e. The van der Waals surface area contributed by atoms with E-state index in [2.05, 4.69) is 9.88 Å². The second-order valence-corrected chi connectivity index (χ2v) is 6.45. The van der Waals surface area contributed by atoms with Gasteiger partial charge in [-0.05, 0) is 42.7 Å². The summed E-state index contributed by atoms with van der Waals surface area (Å²) >= 11 is 0. The van der Waals surface area contributed by atoms with Crippen molar-refractivity contribution in [2.24, 2.45) is 0 Å². The molecule has 2 aromatic carbocycles. The van der Waals surface area contributed by atoms with Crippen LogP contribution in [0.4, 0.5) is 4.39 Å². The zero-order valence-electron chi connectivity index (χ0n) is 13.4. The number of hydrogen-bond acceptors (Lipinski definition) is 2. The van der Waals surface area contributed by atoms with Crippen molar-refractivity contribution >= 4 is 11.0 Å². The molecule has 1 aromatic heterocycles. The minimum atomic E-state index is -0.198. The van der Waals surface area contributed by atoms with E-state index in [9.17, 15) is 9.18 Å². The molecule has 0 bridgehead atoms. The molecule has 1 saturated heterocycles. The van der Waals surface area contributed by atoms with Gasteiger partial charge in [0.2, 0.25) is 0 Å². The van der Waals surface area contributed by atoms with Crippen LogP contribution in [0.3, 0.4) is 0 Å². The van der Waals surface area contributed by atoms with E-state index < -0.39 is 0 Å². The van der Waals surface area contributed by atoms with Crippen LogP contribution < -0.4 is 5.69 Å². The second-order valence-electron chi connectivity index (χ2n) is 6.45. The molecule has 1 aliphatic rings. The number of para-hydroxylation sites is 2. The van der Waals surface area contributed by atoms with E-state index in [1.54, 1.807) is 0 Å². The fraction of sp³-hybridized carbons (Fsp3) is 0.316. The first kappa shape index (κ1) is 15.1. The quantitative estimate of drug-likeness (QED) is 0.803. The Bertz CT molecular complexity index is 889. The molecule has 0 amide bonds. The third-order valence-electron chi connectivity index (χ3n) is 4.87. The molecule has 3 aromatic rings. The number of piperidine rings is 1. The Labute approximate surface area is 139 Å². The maximum absolute atomic E-state index is 13.0. The van der Waals surface area contributed by atoms with Gasteiger partial charge in [0, 0.05) is 25.7 Å². The highest BCUT2D eigenvalue weighted by molar-refractivity contribution is 5.75. The predicted octanol–water partition coefficient (Wildman–Crippen LogP) is 3.31. The zero-order chi connectivity index (χ0) is 16.5. The Morgan fingerprint density at radius 2 is 1.75 bits per heavy atom. The third kappa shape index (κ3) is 2.87. The van der Waals surface area contributed by atoms with Crippen LogP contribution in [0, 0.1) is 5.82 Å². The third-order valence-corrected chi connectivity index (χ3v) is 4.87. The second kappa shape index (κ2) is 6.24. The van der Waals surface area contributed by atoms with Gasteiger partial charge in [-0.15, -0.1) is 0 Å². The van der Waals surface area contributed by atoms with Gasteiger partial charge in [0.25, 0.3) is 0 Å². The number of nitrogens with zero attached hydrogens (tertiary/aromatic N) is 2. The van der Waals surface area contributed by atoms with Gasteiger partial charge in [-0.3, -0.25) is 9.47 Å². The fourth-order valence-electron chi connectivity index (χ4n) is 3.62. The number of fused-ring (bicyclic) bond motifs is 1. The molecular weight excluding hydrogens is 305 g/mol. The highest BCUT2D eigenvalue weighted by Gasteiger charge is 2.23. The minimum Gasteiger partial charge on any atom is -0.306 e. The lowest BCUT2D eigenvalue weighted by atomic mass is 10.0. The topological polar surface area (TPSA) is 41.0 Å². The summed E-state index contributed by atoms with van der Waals surface area (Å²) in [4.78, 5) is 17.6. The molecule has 24 heavy (non-hydrogen) atoms. The molecule has 1 fully saturated rings. The van der Waals surface area contributed by atoms with E-state index in [-0.39, 0.29) is 17.5 Å².